The average molecular weight is 252 g/mol. The molecule has 1 rings (SSSR count). The Bertz CT molecular complexity index is 394. The van der Waals surface area contributed by atoms with Crippen molar-refractivity contribution in [1.29, 1.82) is 0 Å². The second-order valence-corrected chi connectivity index (χ2v) is 3.70. The van der Waals surface area contributed by atoms with E-state index in [9.17, 15) is 4.79 Å². The molecule has 0 aromatic heterocycles. The third-order valence-electron chi connectivity index (χ3n) is 2.44. The van der Waals surface area contributed by atoms with E-state index in [0.29, 0.717) is 31.0 Å². The third kappa shape index (κ3) is 4.16. The number of rotatable bonds is 7. The van der Waals surface area contributed by atoms with Crippen molar-refractivity contribution in [2.24, 2.45) is 0 Å². The standard InChI is InChI=1S/C13H20N2O3/c1-4-14-13(16)7-8-15-10-5-6-11(17-2)12(9-10)18-3/h5-6,9,15H,4,7-8H2,1-3H3,(H,14,16). The van der Waals surface area contributed by atoms with Crippen molar-refractivity contribution in [3.8, 4) is 11.5 Å². The highest BCUT2D eigenvalue weighted by Crippen LogP contribution is 2.29. The van der Waals surface area contributed by atoms with Gasteiger partial charge in [-0.1, -0.05) is 0 Å². The van der Waals surface area contributed by atoms with Gasteiger partial charge in [0.1, 0.15) is 0 Å². The van der Waals surface area contributed by atoms with Gasteiger partial charge in [0.2, 0.25) is 5.91 Å². The first-order chi connectivity index (χ1) is 8.71. The molecule has 0 saturated carbocycles. The van der Waals surface area contributed by atoms with Crippen LogP contribution in [0.15, 0.2) is 18.2 Å². The van der Waals surface area contributed by atoms with Gasteiger partial charge in [-0.2, -0.15) is 0 Å². The van der Waals surface area contributed by atoms with Gasteiger partial charge in [0.25, 0.3) is 0 Å². The number of methoxy groups -OCH3 is 2. The predicted molar refractivity (Wildman–Crippen MR) is 71.3 cm³/mol. The fourth-order valence-corrected chi connectivity index (χ4v) is 1.55. The van der Waals surface area contributed by atoms with Crippen LogP contribution in [0.25, 0.3) is 0 Å². The number of carbonyl (C=O) groups is 1. The molecule has 0 unspecified atom stereocenters. The fourth-order valence-electron chi connectivity index (χ4n) is 1.55. The number of anilines is 1. The van der Waals surface area contributed by atoms with Crippen LogP contribution < -0.4 is 20.1 Å². The summed E-state index contributed by atoms with van der Waals surface area (Å²) in [6.45, 7) is 3.15. The van der Waals surface area contributed by atoms with E-state index in [1.165, 1.54) is 0 Å². The predicted octanol–water partition coefficient (Wildman–Crippen LogP) is 1.64. The fraction of sp³-hybridized carbons (Fsp3) is 0.462. The van der Waals surface area contributed by atoms with Gasteiger partial charge in [-0.3, -0.25) is 4.79 Å². The Hall–Kier alpha value is -1.91. The zero-order valence-corrected chi connectivity index (χ0v) is 11.1. The molecular formula is C13H20N2O3. The van der Waals surface area contributed by atoms with Crippen LogP contribution in [0, 0.1) is 0 Å². The van der Waals surface area contributed by atoms with E-state index >= 15 is 0 Å². The highest BCUT2D eigenvalue weighted by molar-refractivity contribution is 5.76. The van der Waals surface area contributed by atoms with E-state index in [4.69, 9.17) is 9.47 Å². The number of ether oxygens (including phenoxy) is 2. The minimum Gasteiger partial charge on any atom is -0.493 e. The van der Waals surface area contributed by atoms with Gasteiger partial charge in [0, 0.05) is 31.3 Å². The van der Waals surface area contributed by atoms with Crippen LogP contribution in [-0.4, -0.2) is 33.2 Å². The number of hydrogen-bond donors (Lipinski definition) is 2. The van der Waals surface area contributed by atoms with Crippen LogP contribution in [0.3, 0.4) is 0 Å². The lowest BCUT2D eigenvalue weighted by Crippen LogP contribution is -2.24. The lowest BCUT2D eigenvalue weighted by molar-refractivity contribution is -0.120. The van der Waals surface area contributed by atoms with Crippen LogP contribution in [0.2, 0.25) is 0 Å². The molecule has 5 nitrogen and oxygen atoms in total. The van der Waals surface area contributed by atoms with Gasteiger partial charge >= 0.3 is 0 Å². The molecule has 2 N–H and O–H groups in total. The van der Waals surface area contributed by atoms with Crippen LogP contribution in [-0.2, 0) is 4.79 Å². The summed E-state index contributed by atoms with van der Waals surface area (Å²) in [6, 6.07) is 5.56. The van der Waals surface area contributed by atoms with Crippen molar-refractivity contribution in [3.05, 3.63) is 18.2 Å². The first-order valence-corrected chi connectivity index (χ1v) is 5.93. The summed E-state index contributed by atoms with van der Waals surface area (Å²) in [5.41, 5.74) is 0.900. The SMILES string of the molecule is CCNC(=O)CCNc1ccc(OC)c(OC)c1. The Morgan fingerprint density at radius 1 is 1.22 bits per heavy atom. The Balaban J connectivity index is 2.50. The summed E-state index contributed by atoms with van der Waals surface area (Å²) >= 11 is 0. The van der Waals surface area contributed by atoms with Crippen molar-refractivity contribution in [3.63, 3.8) is 0 Å². The zero-order chi connectivity index (χ0) is 13.4. The van der Waals surface area contributed by atoms with E-state index in [1.54, 1.807) is 14.2 Å². The lowest BCUT2D eigenvalue weighted by atomic mass is 10.2. The second kappa shape index (κ2) is 7.42. The van der Waals surface area contributed by atoms with Crippen LogP contribution in [0.1, 0.15) is 13.3 Å². The topological polar surface area (TPSA) is 59.6 Å². The largest absolute Gasteiger partial charge is 0.493 e. The Morgan fingerprint density at radius 3 is 2.56 bits per heavy atom. The molecule has 5 heteroatoms. The number of benzene rings is 1. The molecule has 1 amide bonds. The number of nitrogens with one attached hydrogen (secondary N) is 2. The first kappa shape index (κ1) is 14.2. The van der Waals surface area contributed by atoms with E-state index in [1.807, 2.05) is 25.1 Å². The monoisotopic (exact) mass is 252 g/mol. The smallest absolute Gasteiger partial charge is 0.221 e. The van der Waals surface area contributed by atoms with Crippen molar-refractivity contribution in [1.82, 2.24) is 5.32 Å². The van der Waals surface area contributed by atoms with Crippen molar-refractivity contribution in [2.75, 3.05) is 32.6 Å². The molecule has 0 aliphatic rings. The molecule has 0 aliphatic carbocycles. The first-order valence-electron chi connectivity index (χ1n) is 5.93. The molecular weight excluding hydrogens is 232 g/mol. The van der Waals surface area contributed by atoms with Gasteiger partial charge in [-0.15, -0.1) is 0 Å². The highest BCUT2D eigenvalue weighted by Gasteiger charge is 2.04. The van der Waals surface area contributed by atoms with Gasteiger partial charge in [0.05, 0.1) is 14.2 Å². The molecule has 18 heavy (non-hydrogen) atoms. The maximum Gasteiger partial charge on any atom is 0.221 e. The lowest BCUT2D eigenvalue weighted by Gasteiger charge is -2.11. The minimum absolute atomic E-state index is 0.0467. The molecule has 0 heterocycles. The Labute approximate surface area is 107 Å². The Morgan fingerprint density at radius 2 is 1.94 bits per heavy atom. The van der Waals surface area contributed by atoms with Crippen molar-refractivity contribution >= 4 is 11.6 Å². The number of carbonyl (C=O) groups excluding carboxylic acids is 1. The molecule has 0 radical (unpaired) electrons. The van der Waals surface area contributed by atoms with E-state index in [2.05, 4.69) is 10.6 Å². The van der Waals surface area contributed by atoms with Gasteiger partial charge < -0.3 is 20.1 Å². The zero-order valence-electron chi connectivity index (χ0n) is 11.1. The minimum atomic E-state index is 0.0467. The molecule has 0 aliphatic heterocycles. The highest BCUT2D eigenvalue weighted by atomic mass is 16.5. The Kier molecular flexibility index (Phi) is 5.84. The number of hydrogen-bond acceptors (Lipinski definition) is 4. The molecule has 0 spiro atoms. The summed E-state index contributed by atoms with van der Waals surface area (Å²) in [4.78, 5) is 11.3. The molecule has 1 aromatic carbocycles. The molecule has 100 valence electrons. The van der Waals surface area contributed by atoms with Gasteiger partial charge in [-0.25, -0.2) is 0 Å². The van der Waals surface area contributed by atoms with Crippen LogP contribution in [0.5, 0.6) is 11.5 Å². The summed E-state index contributed by atoms with van der Waals surface area (Å²) in [6.07, 6.45) is 0.447. The second-order valence-electron chi connectivity index (χ2n) is 3.70. The van der Waals surface area contributed by atoms with E-state index in [0.717, 1.165) is 5.69 Å². The van der Waals surface area contributed by atoms with E-state index in [-0.39, 0.29) is 5.91 Å². The van der Waals surface area contributed by atoms with Crippen molar-refractivity contribution < 1.29 is 14.3 Å². The summed E-state index contributed by atoms with van der Waals surface area (Å²) in [5, 5.41) is 5.91. The molecule has 0 bridgehead atoms. The van der Waals surface area contributed by atoms with Gasteiger partial charge in [-0.05, 0) is 19.1 Å². The molecule has 0 saturated heterocycles. The van der Waals surface area contributed by atoms with E-state index < -0.39 is 0 Å². The molecule has 0 atom stereocenters. The molecule has 0 fully saturated rings. The maximum absolute atomic E-state index is 11.3. The maximum atomic E-state index is 11.3. The van der Waals surface area contributed by atoms with Crippen LogP contribution >= 0.6 is 0 Å². The molecule has 1 aromatic rings. The van der Waals surface area contributed by atoms with Crippen molar-refractivity contribution in [2.45, 2.75) is 13.3 Å². The summed E-state index contributed by atoms with van der Waals surface area (Å²) < 4.78 is 10.3. The normalized spacial score (nSPS) is 9.72. The summed E-state index contributed by atoms with van der Waals surface area (Å²) in [7, 11) is 3.19. The van der Waals surface area contributed by atoms with Gasteiger partial charge in [0.15, 0.2) is 11.5 Å². The van der Waals surface area contributed by atoms with Crippen LogP contribution in [0.4, 0.5) is 5.69 Å². The average Bonchev–Trinajstić information content (AvgIpc) is 2.38. The number of amides is 1. The summed E-state index contributed by atoms with van der Waals surface area (Å²) in [5.74, 6) is 1.40. The third-order valence-corrected chi connectivity index (χ3v) is 2.44. The quantitative estimate of drug-likeness (QED) is 0.774.